The molecule has 0 saturated carbocycles. The first-order valence-electron chi connectivity index (χ1n) is 7.07. The number of quaternary nitrogens is 1. The zero-order chi connectivity index (χ0) is 14.5. The van der Waals surface area contributed by atoms with E-state index in [1.807, 2.05) is 0 Å². The molecule has 110 valence electrons. The molecule has 0 radical (unpaired) electrons. The summed E-state index contributed by atoms with van der Waals surface area (Å²) in [6.07, 6.45) is 0.953. The van der Waals surface area contributed by atoms with Crippen LogP contribution in [0.3, 0.4) is 0 Å². The van der Waals surface area contributed by atoms with Crippen LogP contribution < -0.4 is 10.2 Å². The molecular weight excluding hydrogens is 259 g/mol. The van der Waals surface area contributed by atoms with E-state index < -0.39 is 0 Å². The highest BCUT2D eigenvalue weighted by Gasteiger charge is 2.25. The number of halogens is 1. The molecule has 2 rings (SSSR count). The molecule has 1 saturated heterocycles. The Labute approximate surface area is 118 Å². The van der Waals surface area contributed by atoms with Crippen LogP contribution >= 0.6 is 0 Å². The number of amides is 1. The number of hydrogen-bond acceptors (Lipinski definition) is 2. The van der Waals surface area contributed by atoms with Gasteiger partial charge < -0.3 is 15.0 Å². The molecule has 1 aliphatic rings. The minimum atomic E-state index is -0.302. The summed E-state index contributed by atoms with van der Waals surface area (Å²) in [6.45, 7) is 6.80. The Morgan fingerprint density at radius 3 is 2.50 bits per heavy atom. The van der Waals surface area contributed by atoms with Crippen LogP contribution in [0.5, 0.6) is 0 Å². The highest BCUT2D eigenvalue weighted by molar-refractivity contribution is 5.90. The molecule has 4 nitrogen and oxygen atoms in total. The van der Waals surface area contributed by atoms with Crippen molar-refractivity contribution in [2.75, 3.05) is 25.0 Å². The molecule has 20 heavy (non-hydrogen) atoms. The van der Waals surface area contributed by atoms with Crippen molar-refractivity contribution in [1.82, 2.24) is 0 Å². The van der Waals surface area contributed by atoms with E-state index >= 15 is 0 Å². The first-order valence-corrected chi connectivity index (χ1v) is 7.07. The smallest absolute Gasteiger partial charge is 0.230 e. The third kappa shape index (κ3) is 4.58. The second-order valence-corrected chi connectivity index (χ2v) is 5.47. The summed E-state index contributed by atoms with van der Waals surface area (Å²) < 4.78 is 18.4. The first kappa shape index (κ1) is 14.9. The predicted octanol–water partition coefficient (Wildman–Crippen LogP) is 0.846. The van der Waals surface area contributed by atoms with Crippen LogP contribution in [0, 0.1) is 5.82 Å². The number of morpholine rings is 1. The van der Waals surface area contributed by atoms with Gasteiger partial charge in [-0.3, -0.25) is 4.79 Å². The third-order valence-electron chi connectivity index (χ3n) is 3.45. The van der Waals surface area contributed by atoms with Crippen LogP contribution in [0.4, 0.5) is 10.1 Å². The maximum Gasteiger partial charge on any atom is 0.230 e. The van der Waals surface area contributed by atoms with Crippen molar-refractivity contribution < 1.29 is 18.8 Å². The average Bonchev–Trinajstić information content (AvgIpc) is 2.38. The minimum absolute atomic E-state index is 0.0316. The topological polar surface area (TPSA) is 42.8 Å². The van der Waals surface area contributed by atoms with Crippen LogP contribution in [-0.2, 0) is 9.53 Å². The molecule has 5 heteroatoms. The summed E-state index contributed by atoms with van der Waals surface area (Å²) in [6, 6.07) is 5.82. The lowest BCUT2D eigenvalue weighted by atomic mass is 10.2. The van der Waals surface area contributed by atoms with Gasteiger partial charge in [0.25, 0.3) is 0 Å². The van der Waals surface area contributed by atoms with Crippen LogP contribution in [0.15, 0.2) is 24.3 Å². The number of carbonyl (C=O) groups excluding carboxylic acids is 1. The van der Waals surface area contributed by atoms with E-state index in [0.29, 0.717) is 12.1 Å². The van der Waals surface area contributed by atoms with E-state index in [4.69, 9.17) is 4.74 Å². The molecular formula is C15H22FN2O2+. The van der Waals surface area contributed by atoms with Crippen molar-refractivity contribution in [3.05, 3.63) is 30.1 Å². The van der Waals surface area contributed by atoms with Crippen LogP contribution in [-0.4, -0.2) is 37.7 Å². The Kier molecular flexibility index (Phi) is 5.09. The lowest BCUT2D eigenvalue weighted by Crippen LogP contribution is -3.15. The van der Waals surface area contributed by atoms with Gasteiger partial charge in [-0.1, -0.05) is 0 Å². The zero-order valence-corrected chi connectivity index (χ0v) is 12.0. The van der Waals surface area contributed by atoms with Gasteiger partial charge in [-0.2, -0.15) is 0 Å². The number of carbonyl (C=O) groups is 1. The first-order chi connectivity index (χ1) is 9.52. The summed E-state index contributed by atoms with van der Waals surface area (Å²) >= 11 is 0. The largest absolute Gasteiger partial charge is 0.364 e. The molecule has 0 spiro atoms. The average molecular weight is 281 g/mol. The van der Waals surface area contributed by atoms with Crippen molar-refractivity contribution in [2.24, 2.45) is 0 Å². The summed E-state index contributed by atoms with van der Waals surface area (Å²) in [5, 5.41) is 2.78. The highest BCUT2D eigenvalue weighted by Crippen LogP contribution is 2.08. The number of nitrogens with one attached hydrogen (secondary N) is 2. The van der Waals surface area contributed by atoms with Gasteiger partial charge in [0.15, 0.2) is 0 Å². The Morgan fingerprint density at radius 2 is 1.90 bits per heavy atom. The normalized spacial score (nSPS) is 26.2. The van der Waals surface area contributed by atoms with E-state index in [-0.39, 0.29) is 23.9 Å². The maximum absolute atomic E-state index is 12.8. The van der Waals surface area contributed by atoms with Crippen LogP contribution in [0.2, 0.25) is 0 Å². The molecule has 0 aromatic heterocycles. The fourth-order valence-corrected chi connectivity index (χ4v) is 2.64. The van der Waals surface area contributed by atoms with Crippen molar-refractivity contribution >= 4 is 11.6 Å². The van der Waals surface area contributed by atoms with Crippen LogP contribution in [0.25, 0.3) is 0 Å². The lowest BCUT2D eigenvalue weighted by Gasteiger charge is -2.32. The summed E-state index contributed by atoms with van der Waals surface area (Å²) in [4.78, 5) is 13.2. The van der Waals surface area contributed by atoms with Gasteiger partial charge in [-0.15, -0.1) is 0 Å². The van der Waals surface area contributed by atoms with Gasteiger partial charge in [0, 0.05) is 5.69 Å². The van der Waals surface area contributed by atoms with Gasteiger partial charge in [0.1, 0.15) is 31.1 Å². The maximum atomic E-state index is 12.8. The second-order valence-electron chi connectivity index (χ2n) is 5.47. The predicted molar refractivity (Wildman–Crippen MR) is 75.2 cm³/mol. The molecule has 1 aromatic rings. The molecule has 1 heterocycles. The van der Waals surface area contributed by atoms with Gasteiger partial charge in [0.05, 0.1) is 13.0 Å². The van der Waals surface area contributed by atoms with E-state index in [0.717, 1.165) is 19.6 Å². The van der Waals surface area contributed by atoms with Crippen molar-refractivity contribution in [2.45, 2.75) is 32.5 Å². The monoisotopic (exact) mass is 281 g/mol. The van der Waals surface area contributed by atoms with Gasteiger partial charge in [0.2, 0.25) is 5.91 Å². The molecule has 1 aromatic carbocycles. The summed E-state index contributed by atoms with van der Waals surface area (Å²) in [5.74, 6) is -0.334. The minimum Gasteiger partial charge on any atom is -0.364 e. The summed E-state index contributed by atoms with van der Waals surface area (Å²) in [7, 11) is 0. The molecule has 0 aliphatic carbocycles. The Balaban J connectivity index is 1.76. The molecule has 1 fully saturated rings. The van der Waals surface area contributed by atoms with Gasteiger partial charge in [-0.25, -0.2) is 4.39 Å². The number of hydrogen-bond donors (Lipinski definition) is 2. The number of rotatable bonds is 4. The Morgan fingerprint density at radius 1 is 1.30 bits per heavy atom. The van der Waals surface area contributed by atoms with E-state index in [9.17, 15) is 9.18 Å². The second kappa shape index (κ2) is 6.81. The molecule has 1 amide bonds. The van der Waals surface area contributed by atoms with Crippen LogP contribution in [0.1, 0.15) is 20.3 Å². The SMILES string of the molecule is C[C@@H]1C[NH+](CCC(=O)Nc2ccc(F)cc2)C[C@@H](C)O1. The number of benzene rings is 1. The summed E-state index contributed by atoms with van der Waals surface area (Å²) in [5.41, 5.74) is 0.634. The Bertz CT molecular complexity index is 440. The molecule has 0 unspecified atom stereocenters. The standard InChI is InChI=1S/C15H21FN2O2/c1-11-9-18(10-12(2)20-11)8-7-15(19)17-14-5-3-13(16)4-6-14/h3-6,11-12H,7-10H2,1-2H3,(H,17,19)/p+1/t11-,12-/m1/s1. The Hall–Kier alpha value is -1.46. The van der Waals surface area contributed by atoms with Crippen molar-refractivity contribution in [3.8, 4) is 0 Å². The van der Waals surface area contributed by atoms with E-state index in [1.165, 1.54) is 17.0 Å². The van der Waals surface area contributed by atoms with Crippen molar-refractivity contribution in [3.63, 3.8) is 0 Å². The highest BCUT2D eigenvalue weighted by atomic mass is 19.1. The fourth-order valence-electron chi connectivity index (χ4n) is 2.64. The molecule has 0 bridgehead atoms. The quantitative estimate of drug-likeness (QED) is 0.859. The van der Waals surface area contributed by atoms with Crippen molar-refractivity contribution in [1.29, 1.82) is 0 Å². The van der Waals surface area contributed by atoms with E-state index in [1.54, 1.807) is 12.1 Å². The molecule has 2 N–H and O–H groups in total. The molecule has 2 atom stereocenters. The van der Waals surface area contributed by atoms with E-state index in [2.05, 4.69) is 19.2 Å². The third-order valence-corrected chi connectivity index (χ3v) is 3.45. The van der Waals surface area contributed by atoms with Gasteiger partial charge in [-0.05, 0) is 38.1 Å². The zero-order valence-electron chi connectivity index (χ0n) is 12.0. The van der Waals surface area contributed by atoms with Gasteiger partial charge >= 0.3 is 0 Å². The molecule has 1 aliphatic heterocycles. The number of anilines is 1. The number of ether oxygens (including phenoxy) is 1. The fraction of sp³-hybridized carbons (Fsp3) is 0.533. The lowest BCUT2D eigenvalue weighted by molar-refractivity contribution is -0.914.